The second kappa shape index (κ2) is 10.3. The molecule has 0 aliphatic carbocycles. The fourth-order valence-electron chi connectivity index (χ4n) is 4.58. The summed E-state index contributed by atoms with van der Waals surface area (Å²) in [6.45, 7) is 4.15. The van der Waals surface area contributed by atoms with Crippen LogP contribution in [0.1, 0.15) is 30.9 Å². The summed E-state index contributed by atoms with van der Waals surface area (Å²) in [6, 6.07) is 18.3. The third kappa shape index (κ3) is 4.91. The van der Waals surface area contributed by atoms with Gasteiger partial charge in [0, 0.05) is 52.2 Å². The molecule has 8 heteroatoms. The molecule has 0 bridgehead atoms. The minimum Gasteiger partial charge on any atom is -0.492 e. The topological polar surface area (TPSA) is 83.5 Å². The van der Waals surface area contributed by atoms with E-state index in [-0.39, 0.29) is 5.25 Å². The zero-order valence-electron chi connectivity index (χ0n) is 19.6. The first-order chi connectivity index (χ1) is 17.2. The van der Waals surface area contributed by atoms with Crippen molar-refractivity contribution in [2.75, 3.05) is 24.6 Å². The molecule has 0 radical (unpaired) electrons. The Labute approximate surface area is 207 Å². The van der Waals surface area contributed by atoms with Crippen LogP contribution in [-0.2, 0) is 16.6 Å². The fourth-order valence-corrected chi connectivity index (χ4v) is 6.07. The number of aromatic nitrogens is 3. The van der Waals surface area contributed by atoms with Crippen molar-refractivity contribution in [3.63, 3.8) is 0 Å². The van der Waals surface area contributed by atoms with Gasteiger partial charge in [-0.25, -0.2) is 9.50 Å². The van der Waals surface area contributed by atoms with Crippen molar-refractivity contribution in [3.8, 4) is 22.9 Å². The van der Waals surface area contributed by atoms with Crippen LogP contribution in [0.25, 0.3) is 16.6 Å². The highest BCUT2D eigenvalue weighted by Gasteiger charge is 2.25. The molecule has 3 aromatic heterocycles. The van der Waals surface area contributed by atoms with Crippen LogP contribution in [-0.4, -0.2) is 43.8 Å². The van der Waals surface area contributed by atoms with Gasteiger partial charge in [-0.3, -0.25) is 4.21 Å². The molecule has 35 heavy (non-hydrogen) atoms. The van der Waals surface area contributed by atoms with Crippen molar-refractivity contribution < 1.29 is 8.95 Å². The molecule has 7 nitrogen and oxygen atoms in total. The lowest BCUT2D eigenvalue weighted by Gasteiger charge is -2.32. The van der Waals surface area contributed by atoms with Gasteiger partial charge in [0.05, 0.1) is 30.1 Å². The number of nitrogens with zero attached hydrogens (tertiary/aromatic N) is 5. The van der Waals surface area contributed by atoms with Crippen LogP contribution in [0.5, 0.6) is 5.75 Å². The SMILES string of the molecule is CCOc1cc(-c2ccc(N3CCC(S(=O)Cc4ccccc4)CC3)nc2)c2c(C#N)cnn2c1. The smallest absolute Gasteiger partial charge is 0.138 e. The minimum atomic E-state index is -0.868. The van der Waals surface area contributed by atoms with E-state index < -0.39 is 10.8 Å². The van der Waals surface area contributed by atoms with Crippen molar-refractivity contribution >= 4 is 22.1 Å². The summed E-state index contributed by atoms with van der Waals surface area (Å²) in [5.41, 5.74) is 4.14. The molecule has 1 aliphatic rings. The second-order valence-electron chi connectivity index (χ2n) is 8.59. The Morgan fingerprint density at radius 3 is 2.63 bits per heavy atom. The molecule has 1 fully saturated rings. The van der Waals surface area contributed by atoms with Crippen LogP contribution >= 0.6 is 0 Å². The summed E-state index contributed by atoms with van der Waals surface area (Å²) in [6.07, 6.45) is 6.98. The Bertz CT molecular complexity index is 1370. The molecule has 0 N–H and O–H groups in total. The number of pyridine rings is 2. The minimum absolute atomic E-state index is 0.214. The molecule has 1 aliphatic heterocycles. The number of piperidine rings is 1. The van der Waals surface area contributed by atoms with Crippen LogP contribution in [0, 0.1) is 11.3 Å². The Balaban J connectivity index is 1.30. The van der Waals surface area contributed by atoms with Gasteiger partial charge in [0.2, 0.25) is 0 Å². The number of hydrogen-bond donors (Lipinski definition) is 0. The van der Waals surface area contributed by atoms with E-state index in [0.717, 1.165) is 54.0 Å². The molecule has 4 aromatic rings. The number of fused-ring (bicyclic) bond motifs is 1. The summed E-state index contributed by atoms with van der Waals surface area (Å²) < 4.78 is 20.3. The summed E-state index contributed by atoms with van der Waals surface area (Å²) in [5.74, 6) is 2.22. The Morgan fingerprint density at radius 2 is 1.94 bits per heavy atom. The molecule has 5 rings (SSSR count). The van der Waals surface area contributed by atoms with Gasteiger partial charge >= 0.3 is 0 Å². The lowest BCUT2D eigenvalue weighted by Crippen LogP contribution is -2.38. The predicted octanol–water partition coefficient (Wildman–Crippen LogP) is 4.58. The maximum Gasteiger partial charge on any atom is 0.138 e. The van der Waals surface area contributed by atoms with Crippen molar-refractivity contribution in [1.29, 1.82) is 5.26 Å². The first kappa shape index (κ1) is 23.1. The van der Waals surface area contributed by atoms with Crippen LogP contribution in [0.2, 0.25) is 0 Å². The van der Waals surface area contributed by atoms with Crippen molar-refractivity contribution in [3.05, 3.63) is 78.2 Å². The molecule has 4 heterocycles. The molecule has 0 spiro atoms. The molecule has 1 aromatic carbocycles. The number of nitriles is 1. The molecule has 1 saturated heterocycles. The monoisotopic (exact) mass is 485 g/mol. The normalized spacial score (nSPS) is 15.1. The lowest BCUT2D eigenvalue weighted by molar-refractivity contribution is 0.338. The second-order valence-corrected chi connectivity index (χ2v) is 10.3. The average molecular weight is 486 g/mol. The van der Waals surface area contributed by atoms with E-state index in [1.807, 2.05) is 61.7 Å². The van der Waals surface area contributed by atoms with Gasteiger partial charge in [-0.15, -0.1) is 0 Å². The van der Waals surface area contributed by atoms with E-state index in [2.05, 4.69) is 16.1 Å². The van der Waals surface area contributed by atoms with E-state index in [1.54, 1.807) is 16.9 Å². The van der Waals surface area contributed by atoms with E-state index in [4.69, 9.17) is 9.72 Å². The highest BCUT2D eigenvalue weighted by Crippen LogP contribution is 2.32. The largest absolute Gasteiger partial charge is 0.492 e. The fraction of sp³-hybridized carbons (Fsp3) is 0.296. The predicted molar refractivity (Wildman–Crippen MR) is 138 cm³/mol. The number of anilines is 1. The first-order valence-corrected chi connectivity index (χ1v) is 13.2. The summed E-state index contributed by atoms with van der Waals surface area (Å²) >= 11 is 0. The summed E-state index contributed by atoms with van der Waals surface area (Å²) in [4.78, 5) is 6.99. The summed E-state index contributed by atoms with van der Waals surface area (Å²) in [5, 5.41) is 14.1. The molecule has 1 unspecified atom stereocenters. The van der Waals surface area contributed by atoms with Gasteiger partial charge in [0.25, 0.3) is 0 Å². The van der Waals surface area contributed by atoms with Gasteiger partial charge in [-0.2, -0.15) is 10.4 Å². The maximum absolute atomic E-state index is 12.9. The standard InChI is InChI=1S/C27H27N5O2S/c1-2-34-23-14-25(27-22(15-28)17-30-32(27)18-23)21-8-9-26(29-16-21)31-12-10-24(11-13-31)35(33)19-20-6-4-3-5-7-20/h3-9,14,16-18,24H,2,10-13,19H2,1H3. The van der Waals surface area contributed by atoms with E-state index in [1.165, 1.54) is 0 Å². The number of benzene rings is 1. The lowest BCUT2D eigenvalue weighted by atomic mass is 10.0. The highest BCUT2D eigenvalue weighted by molar-refractivity contribution is 7.84. The van der Waals surface area contributed by atoms with E-state index in [9.17, 15) is 9.47 Å². The third-order valence-electron chi connectivity index (χ3n) is 6.37. The van der Waals surface area contributed by atoms with Gasteiger partial charge in [-0.1, -0.05) is 30.3 Å². The summed E-state index contributed by atoms with van der Waals surface area (Å²) in [7, 11) is -0.868. The van der Waals surface area contributed by atoms with Gasteiger partial charge in [0.1, 0.15) is 17.6 Å². The average Bonchev–Trinajstić information content (AvgIpc) is 3.32. The van der Waals surface area contributed by atoms with Gasteiger partial charge < -0.3 is 9.64 Å². The number of rotatable bonds is 7. The molecule has 178 valence electrons. The van der Waals surface area contributed by atoms with E-state index >= 15 is 0 Å². The van der Waals surface area contributed by atoms with Crippen molar-refractivity contribution in [1.82, 2.24) is 14.6 Å². The quantitative estimate of drug-likeness (QED) is 0.381. The van der Waals surface area contributed by atoms with Crippen LogP contribution in [0.4, 0.5) is 5.82 Å². The third-order valence-corrected chi connectivity index (χ3v) is 8.20. The van der Waals surface area contributed by atoms with Gasteiger partial charge in [-0.05, 0) is 43.5 Å². The zero-order chi connectivity index (χ0) is 24.2. The molecular formula is C27H27N5O2S. The number of ether oxygens (including phenoxy) is 1. The Kier molecular flexibility index (Phi) is 6.77. The molecule has 0 saturated carbocycles. The van der Waals surface area contributed by atoms with Gasteiger partial charge in [0.15, 0.2) is 0 Å². The van der Waals surface area contributed by atoms with Crippen LogP contribution in [0.3, 0.4) is 0 Å². The van der Waals surface area contributed by atoms with E-state index in [0.29, 0.717) is 23.7 Å². The molecular weight excluding hydrogens is 458 g/mol. The Morgan fingerprint density at radius 1 is 1.14 bits per heavy atom. The first-order valence-electron chi connectivity index (χ1n) is 11.8. The van der Waals surface area contributed by atoms with Crippen molar-refractivity contribution in [2.45, 2.75) is 30.8 Å². The van der Waals surface area contributed by atoms with Crippen LogP contribution in [0.15, 0.2) is 67.1 Å². The molecule has 0 amide bonds. The van der Waals surface area contributed by atoms with Crippen LogP contribution < -0.4 is 9.64 Å². The highest BCUT2D eigenvalue weighted by atomic mass is 32.2. The Hall–Kier alpha value is -3.70. The molecule has 1 atom stereocenters. The number of hydrogen-bond acceptors (Lipinski definition) is 6. The maximum atomic E-state index is 12.9. The zero-order valence-corrected chi connectivity index (χ0v) is 20.4. The van der Waals surface area contributed by atoms with Crippen molar-refractivity contribution in [2.24, 2.45) is 0 Å².